The van der Waals surface area contributed by atoms with E-state index in [0.29, 0.717) is 0 Å². The number of likely N-dealkylation sites (N-methyl/N-ethyl adjacent to an activating group) is 1. The highest BCUT2D eigenvalue weighted by Crippen LogP contribution is 2.41. The molecule has 17 heavy (non-hydrogen) atoms. The predicted octanol–water partition coefficient (Wildman–Crippen LogP) is 2.64. The lowest BCUT2D eigenvalue weighted by molar-refractivity contribution is 0.0106. The first kappa shape index (κ1) is 12.6. The minimum absolute atomic E-state index is 0.237. The van der Waals surface area contributed by atoms with E-state index in [1.165, 1.54) is 5.56 Å². The van der Waals surface area contributed by atoms with Gasteiger partial charge in [-0.15, -0.1) is 0 Å². The van der Waals surface area contributed by atoms with Gasteiger partial charge in [-0.2, -0.15) is 0 Å². The third kappa shape index (κ3) is 2.88. The molecule has 1 atom stereocenters. The van der Waals surface area contributed by atoms with E-state index in [2.05, 4.69) is 43.3 Å². The average molecular weight is 233 g/mol. The van der Waals surface area contributed by atoms with Crippen LogP contribution in [0.3, 0.4) is 0 Å². The van der Waals surface area contributed by atoms with Gasteiger partial charge in [0, 0.05) is 12.5 Å². The first-order valence-corrected chi connectivity index (χ1v) is 6.54. The largest absolute Gasteiger partial charge is 0.389 e. The quantitative estimate of drug-likeness (QED) is 0.864. The summed E-state index contributed by atoms with van der Waals surface area (Å²) in [7, 11) is 4.16. The summed E-state index contributed by atoms with van der Waals surface area (Å²) in [5.41, 5.74) is 0.775. The van der Waals surface area contributed by atoms with Crippen molar-refractivity contribution >= 4 is 0 Å². The highest BCUT2D eigenvalue weighted by molar-refractivity contribution is 5.24. The summed E-state index contributed by atoms with van der Waals surface area (Å²) in [4.78, 5) is 2.17. The van der Waals surface area contributed by atoms with Gasteiger partial charge in [0.15, 0.2) is 0 Å². The number of hydrogen-bond acceptors (Lipinski definition) is 2. The molecule has 0 heterocycles. The third-order valence-corrected chi connectivity index (χ3v) is 3.87. The Hall–Kier alpha value is -0.860. The van der Waals surface area contributed by atoms with E-state index in [1.54, 1.807) is 0 Å². The molecule has 0 saturated heterocycles. The maximum Gasteiger partial charge on any atom is 0.0728 e. The topological polar surface area (TPSA) is 23.5 Å². The highest BCUT2D eigenvalue weighted by atomic mass is 16.3. The maximum absolute atomic E-state index is 10.8. The molecule has 2 heteroatoms. The van der Waals surface area contributed by atoms with Crippen LogP contribution in [0.25, 0.3) is 0 Å². The van der Waals surface area contributed by atoms with Gasteiger partial charge >= 0.3 is 0 Å². The summed E-state index contributed by atoms with van der Waals surface area (Å²) in [5, 5.41) is 10.8. The molecule has 0 radical (unpaired) electrons. The summed E-state index contributed by atoms with van der Waals surface area (Å²) in [6, 6.07) is 10.5. The van der Waals surface area contributed by atoms with Crippen LogP contribution in [0.1, 0.15) is 37.2 Å². The minimum Gasteiger partial charge on any atom is -0.389 e. The molecule has 2 nitrogen and oxygen atoms in total. The number of nitrogens with zero attached hydrogens (tertiary/aromatic N) is 1. The van der Waals surface area contributed by atoms with Crippen LogP contribution < -0.4 is 0 Å². The maximum atomic E-state index is 10.8. The first-order chi connectivity index (χ1) is 8.12. The van der Waals surface area contributed by atoms with Crippen molar-refractivity contribution in [1.82, 2.24) is 4.90 Å². The van der Waals surface area contributed by atoms with Crippen LogP contribution >= 0.6 is 0 Å². The van der Waals surface area contributed by atoms with Gasteiger partial charge in [-0.25, -0.2) is 0 Å². The monoisotopic (exact) mass is 233 g/mol. The number of rotatable bonds is 4. The lowest BCUT2D eigenvalue weighted by atomic mass is 9.80. The molecule has 0 bridgehead atoms. The van der Waals surface area contributed by atoms with E-state index in [9.17, 15) is 5.11 Å². The summed E-state index contributed by atoms with van der Waals surface area (Å²) in [6.07, 6.45) is 4.21. The van der Waals surface area contributed by atoms with Crippen molar-refractivity contribution in [1.29, 1.82) is 0 Å². The lowest BCUT2D eigenvalue weighted by Gasteiger charge is -2.35. The van der Waals surface area contributed by atoms with Crippen LogP contribution in [0, 0.1) is 0 Å². The Morgan fingerprint density at radius 3 is 2.29 bits per heavy atom. The zero-order valence-corrected chi connectivity index (χ0v) is 10.9. The molecule has 1 aliphatic rings. The van der Waals surface area contributed by atoms with Crippen LogP contribution in [0.4, 0.5) is 0 Å². The minimum atomic E-state index is -0.494. The van der Waals surface area contributed by atoms with Crippen molar-refractivity contribution < 1.29 is 5.11 Å². The molecule has 0 aliphatic heterocycles. The van der Waals surface area contributed by atoms with Gasteiger partial charge in [-0.1, -0.05) is 43.2 Å². The Labute approximate surface area is 104 Å². The molecular formula is C15H23NO. The van der Waals surface area contributed by atoms with Crippen molar-refractivity contribution in [3.05, 3.63) is 35.9 Å². The second-order valence-corrected chi connectivity index (χ2v) is 5.54. The number of hydrogen-bond donors (Lipinski definition) is 1. The summed E-state index contributed by atoms with van der Waals surface area (Å²) >= 11 is 0. The molecule has 0 unspecified atom stereocenters. The van der Waals surface area contributed by atoms with Crippen molar-refractivity contribution in [2.24, 2.45) is 0 Å². The number of benzene rings is 1. The molecule has 1 fully saturated rings. The van der Waals surface area contributed by atoms with Crippen molar-refractivity contribution in [2.75, 3.05) is 20.6 Å². The van der Waals surface area contributed by atoms with Crippen molar-refractivity contribution in [3.8, 4) is 0 Å². The molecule has 94 valence electrons. The smallest absolute Gasteiger partial charge is 0.0728 e. The van der Waals surface area contributed by atoms with Gasteiger partial charge in [-0.3, -0.25) is 0 Å². The van der Waals surface area contributed by atoms with E-state index in [4.69, 9.17) is 0 Å². The normalized spacial score (nSPS) is 20.7. The zero-order chi connectivity index (χ0) is 12.3. The van der Waals surface area contributed by atoms with Gasteiger partial charge in [0.25, 0.3) is 0 Å². The van der Waals surface area contributed by atoms with Crippen molar-refractivity contribution in [3.63, 3.8) is 0 Å². The van der Waals surface area contributed by atoms with Crippen LogP contribution in [-0.2, 0) is 0 Å². The molecular weight excluding hydrogens is 210 g/mol. The van der Waals surface area contributed by atoms with Gasteiger partial charge in [-0.05, 0) is 32.5 Å². The van der Waals surface area contributed by atoms with Gasteiger partial charge in [0.05, 0.1) is 5.60 Å². The fraction of sp³-hybridized carbons (Fsp3) is 0.600. The Morgan fingerprint density at radius 2 is 1.76 bits per heavy atom. The fourth-order valence-corrected chi connectivity index (χ4v) is 2.97. The molecule has 1 aliphatic carbocycles. The highest BCUT2D eigenvalue weighted by Gasteiger charge is 2.40. The van der Waals surface area contributed by atoms with E-state index in [0.717, 1.165) is 32.2 Å². The predicted molar refractivity (Wildman–Crippen MR) is 71.2 cm³/mol. The molecule has 1 aromatic carbocycles. The van der Waals surface area contributed by atoms with Gasteiger partial charge in [0.2, 0.25) is 0 Å². The van der Waals surface area contributed by atoms with Crippen LogP contribution in [0.5, 0.6) is 0 Å². The molecule has 0 aromatic heterocycles. The number of aliphatic hydroxyl groups is 1. The lowest BCUT2D eigenvalue weighted by Crippen LogP contribution is -2.39. The molecule has 1 N–H and O–H groups in total. The summed E-state index contributed by atoms with van der Waals surface area (Å²) in [6.45, 7) is 0.917. The van der Waals surface area contributed by atoms with Crippen LogP contribution in [0.15, 0.2) is 30.3 Å². The SMILES string of the molecule is CN(C)C[C@@H](c1ccccc1)C1(O)CCCC1. The van der Waals surface area contributed by atoms with Gasteiger partial charge in [0.1, 0.15) is 0 Å². The van der Waals surface area contributed by atoms with Crippen LogP contribution in [0.2, 0.25) is 0 Å². The molecule has 1 aromatic rings. The average Bonchev–Trinajstić information content (AvgIpc) is 2.75. The Morgan fingerprint density at radius 1 is 1.18 bits per heavy atom. The van der Waals surface area contributed by atoms with E-state index >= 15 is 0 Å². The fourth-order valence-electron chi connectivity index (χ4n) is 2.97. The van der Waals surface area contributed by atoms with E-state index in [-0.39, 0.29) is 5.92 Å². The van der Waals surface area contributed by atoms with Gasteiger partial charge < -0.3 is 10.0 Å². The first-order valence-electron chi connectivity index (χ1n) is 6.54. The molecule has 1 saturated carbocycles. The second kappa shape index (κ2) is 5.19. The third-order valence-electron chi connectivity index (χ3n) is 3.87. The molecule has 0 amide bonds. The van der Waals surface area contributed by atoms with Crippen molar-refractivity contribution in [2.45, 2.75) is 37.2 Å². The van der Waals surface area contributed by atoms with E-state index < -0.39 is 5.60 Å². The Balaban J connectivity index is 2.25. The zero-order valence-electron chi connectivity index (χ0n) is 10.9. The molecule has 2 rings (SSSR count). The summed E-state index contributed by atoms with van der Waals surface area (Å²) in [5.74, 6) is 0.237. The molecule has 0 spiro atoms. The second-order valence-electron chi connectivity index (χ2n) is 5.54. The standard InChI is InChI=1S/C15H23NO/c1-16(2)12-14(13-8-4-3-5-9-13)15(17)10-6-7-11-15/h3-5,8-9,14,17H,6-7,10-12H2,1-2H3/t14-/m0/s1. The summed E-state index contributed by atoms with van der Waals surface area (Å²) < 4.78 is 0. The van der Waals surface area contributed by atoms with E-state index in [1.807, 2.05) is 6.07 Å². The Kier molecular flexibility index (Phi) is 3.85. The Bertz CT molecular complexity index is 341. The van der Waals surface area contributed by atoms with Crippen LogP contribution in [-0.4, -0.2) is 36.2 Å².